The predicted octanol–water partition coefficient (Wildman–Crippen LogP) is 16.6. The van der Waals surface area contributed by atoms with E-state index in [9.17, 15) is 0 Å². The number of hydrogen-bond acceptors (Lipinski definition) is 2. The Balaban J connectivity index is 1.11. The minimum atomic E-state index is -4.66. The third-order valence-electron chi connectivity index (χ3n) is 12.8. The van der Waals surface area contributed by atoms with Gasteiger partial charge in [-0.1, -0.05) is 146 Å². The fourth-order valence-electron chi connectivity index (χ4n) is 9.76. The summed E-state index contributed by atoms with van der Waals surface area (Å²) in [6.07, 6.45) is -4.66. The van der Waals surface area contributed by atoms with Gasteiger partial charge in [-0.05, 0) is 83.9 Å². The standard InChI is InChI=1S/C60H36F3N5/c1-64-58-57(67-53-28-12-9-21-43(53)46-36-40(30-33-55(46)67)51-26-14-24-49(65-51)38-16-4-2-5-17-38)35-32-45(42-20-8-11-23-48(42)60(61,62)63)59(58)68-54-29-13-10-22-44(54)47-37-41(31-34-56(47)68)52-27-15-25-50(66-52)39-18-6-3-7-19-39/h2-37H. The lowest BCUT2D eigenvalue weighted by molar-refractivity contribution is -0.137. The van der Waals surface area contributed by atoms with Gasteiger partial charge < -0.3 is 9.13 Å². The molecule has 8 heteroatoms. The number of hydrogen-bond donors (Lipinski definition) is 0. The number of para-hydroxylation sites is 2. The second kappa shape index (κ2) is 16.1. The van der Waals surface area contributed by atoms with Crippen LogP contribution >= 0.6 is 0 Å². The zero-order valence-electron chi connectivity index (χ0n) is 36.2. The van der Waals surface area contributed by atoms with Crippen molar-refractivity contribution in [3.63, 3.8) is 0 Å². The van der Waals surface area contributed by atoms with Crippen LogP contribution in [0.4, 0.5) is 18.9 Å². The lowest BCUT2D eigenvalue weighted by Gasteiger charge is -2.22. The van der Waals surface area contributed by atoms with Crippen LogP contribution in [0.1, 0.15) is 5.56 Å². The average molecular weight is 884 g/mol. The Hall–Kier alpha value is -9.06. The molecule has 0 N–H and O–H groups in total. The van der Waals surface area contributed by atoms with E-state index >= 15 is 13.2 Å². The molecule has 0 saturated carbocycles. The minimum absolute atomic E-state index is 0.0203. The summed E-state index contributed by atoms with van der Waals surface area (Å²) < 4.78 is 49.3. The summed E-state index contributed by atoms with van der Waals surface area (Å²) in [4.78, 5) is 14.4. The van der Waals surface area contributed by atoms with Crippen LogP contribution in [0.2, 0.25) is 0 Å². The van der Waals surface area contributed by atoms with E-state index < -0.39 is 11.7 Å². The molecule has 4 heterocycles. The molecule has 322 valence electrons. The van der Waals surface area contributed by atoms with Gasteiger partial charge in [-0.15, -0.1) is 0 Å². The largest absolute Gasteiger partial charge is 0.417 e. The first-order valence-corrected chi connectivity index (χ1v) is 22.2. The predicted molar refractivity (Wildman–Crippen MR) is 269 cm³/mol. The molecule has 0 spiro atoms. The number of benzene rings is 8. The Morgan fingerprint density at radius 2 is 0.838 bits per heavy atom. The molecule has 0 aliphatic heterocycles. The highest BCUT2D eigenvalue weighted by Crippen LogP contribution is 2.48. The van der Waals surface area contributed by atoms with Gasteiger partial charge in [0.05, 0.1) is 68.4 Å². The first kappa shape index (κ1) is 40.4. The molecule has 12 rings (SSSR count). The van der Waals surface area contributed by atoms with Crippen LogP contribution in [0.5, 0.6) is 0 Å². The van der Waals surface area contributed by atoms with Crippen LogP contribution in [0.3, 0.4) is 0 Å². The SMILES string of the molecule is [C-]#[N+]c1c(-n2c3ccccc3c3cc(-c4cccc(-c5ccccc5)n4)ccc32)ccc(-c2ccccc2C(F)(F)F)c1-n1c2ccccc2c2cc(-c3cccc(-c4ccccc4)n3)ccc21. The van der Waals surface area contributed by atoms with E-state index in [0.717, 1.165) is 94.7 Å². The van der Waals surface area contributed by atoms with Crippen LogP contribution in [0.25, 0.3) is 116 Å². The van der Waals surface area contributed by atoms with Crippen molar-refractivity contribution in [2.75, 3.05) is 0 Å². The van der Waals surface area contributed by atoms with Gasteiger partial charge in [0.25, 0.3) is 0 Å². The molecule has 0 aliphatic rings. The average Bonchev–Trinajstić information content (AvgIpc) is 3.90. The number of alkyl halides is 3. The lowest BCUT2D eigenvalue weighted by Crippen LogP contribution is -2.09. The summed E-state index contributed by atoms with van der Waals surface area (Å²) in [7, 11) is 0. The van der Waals surface area contributed by atoms with Gasteiger partial charge in [0, 0.05) is 43.8 Å². The molecule has 4 aromatic heterocycles. The van der Waals surface area contributed by atoms with E-state index in [2.05, 4.69) is 27.6 Å². The van der Waals surface area contributed by atoms with Crippen molar-refractivity contribution in [2.45, 2.75) is 6.18 Å². The Labute approximate surface area is 389 Å². The molecule has 8 aromatic carbocycles. The molecule has 0 unspecified atom stereocenters. The lowest BCUT2D eigenvalue weighted by atomic mass is 9.95. The van der Waals surface area contributed by atoms with Gasteiger partial charge in [-0.3, -0.25) is 0 Å². The van der Waals surface area contributed by atoms with E-state index in [-0.39, 0.29) is 16.8 Å². The van der Waals surface area contributed by atoms with Crippen molar-refractivity contribution in [3.05, 3.63) is 235 Å². The summed E-state index contributed by atoms with van der Waals surface area (Å²) in [5.41, 5.74) is 10.9. The number of rotatable bonds is 7. The Morgan fingerprint density at radius 1 is 0.382 bits per heavy atom. The van der Waals surface area contributed by atoms with Crippen molar-refractivity contribution in [1.82, 2.24) is 19.1 Å². The fourth-order valence-corrected chi connectivity index (χ4v) is 9.76. The van der Waals surface area contributed by atoms with Gasteiger partial charge in [0.1, 0.15) is 0 Å². The van der Waals surface area contributed by atoms with E-state index in [0.29, 0.717) is 11.4 Å². The van der Waals surface area contributed by atoms with Crippen molar-refractivity contribution >= 4 is 49.3 Å². The Bertz CT molecular complexity index is 3970. The zero-order chi connectivity index (χ0) is 45.9. The third-order valence-corrected chi connectivity index (χ3v) is 12.8. The van der Waals surface area contributed by atoms with Crippen molar-refractivity contribution in [3.8, 4) is 67.5 Å². The first-order chi connectivity index (χ1) is 33.3. The van der Waals surface area contributed by atoms with E-state index in [1.165, 1.54) is 12.1 Å². The molecule has 0 fully saturated rings. The number of halogens is 3. The number of nitrogens with zero attached hydrogens (tertiary/aromatic N) is 5. The van der Waals surface area contributed by atoms with Crippen molar-refractivity contribution in [2.24, 2.45) is 0 Å². The van der Waals surface area contributed by atoms with Crippen molar-refractivity contribution in [1.29, 1.82) is 0 Å². The van der Waals surface area contributed by atoms with Gasteiger partial charge in [0.15, 0.2) is 0 Å². The minimum Gasteiger partial charge on any atom is -0.319 e. The van der Waals surface area contributed by atoms with Crippen molar-refractivity contribution < 1.29 is 13.2 Å². The maximum Gasteiger partial charge on any atom is 0.417 e. The van der Waals surface area contributed by atoms with Crippen LogP contribution < -0.4 is 0 Å². The molecule has 0 radical (unpaired) electrons. The topological polar surface area (TPSA) is 40.0 Å². The van der Waals surface area contributed by atoms with Crippen LogP contribution in [-0.4, -0.2) is 19.1 Å². The highest BCUT2D eigenvalue weighted by atomic mass is 19.4. The number of pyridine rings is 2. The van der Waals surface area contributed by atoms with Gasteiger partial charge in [-0.25, -0.2) is 14.8 Å². The molecular weight excluding hydrogens is 848 g/mol. The molecular formula is C60H36F3N5. The highest BCUT2D eigenvalue weighted by molar-refractivity contribution is 6.14. The number of aromatic nitrogens is 4. The first-order valence-electron chi connectivity index (χ1n) is 22.2. The highest BCUT2D eigenvalue weighted by Gasteiger charge is 2.35. The molecule has 0 atom stereocenters. The van der Waals surface area contributed by atoms with Gasteiger partial charge in [-0.2, -0.15) is 13.2 Å². The summed E-state index contributed by atoms with van der Waals surface area (Å²) >= 11 is 0. The third kappa shape index (κ3) is 6.71. The van der Waals surface area contributed by atoms with Crippen LogP contribution in [0, 0.1) is 6.57 Å². The number of fused-ring (bicyclic) bond motifs is 6. The molecule has 0 aliphatic carbocycles. The second-order valence-corrected chi connectivity index (χ2v) is 16.7. The summed E-state index contributed by atoms with van der Waals surface area (Å²) in [6, 6.07) is 69.4. The molecule has 68 heavy (non-hydrogen) atoms. The summed E-state index contributed by atoms with van der Waals surface area (Å²) in [6.45, 7) is 9.03. The zero-order valence-corrected chi connectivity index (χ0v) is 36.2. The van der Waals surface area contributed by atoms with Gasteiger partial charge in [0.2, 0.25) is 5.69 Å². The monoisotopic (exact) mass is 883 g/mol. The van der Waals surface area contributed by atoms with Gasteiger partial charge >= 0.3 is 6.18 Å². The summed E-state index contributed by atoms with van der Waals surface area (Å²) in [5.74, 6) is 0. The van der Waals surface area contributed by atoms with E-state index in [4.69, 9.17) is 16.5 Å². The quantitative estimate of drug-likeness (QED) is 0.150. The molecule has 0 amide bonds. The molecule has 0 saturated heterocycles. The Morgan fingerprint density at radius 3 is 1.38 bits per heavy atom. The Kier molecular flexibility index (Phi) is 9.59. The second-order valence-electron chi connectivity index (χ2n) is 16.7. The summed E-state index contributed by atoms with van der Waals surface area (Å²) in [5, 5.41) is 3.66. The van der Waals surface area contributed by atoms with E-state index in [1.54, 1.807) is 18.2 Å². The fraction of sp³-hybridized carbons (Fsp3) is 0.0167. The maximum atomic E-state index is 15.1. The maximum absolute atomic E-state index is 15.1. The molecule has 12 aromatic rings. The van der Waals surface area contributed by atoms with Crippen LogP contribution in [-0.2, 0) is 6.18 Å². The smallest absolute Gasteiger partial charge is 0.319 e. The molecule has 0 bridgehead atoms. The van der Waals surface area contributed by atoms with E-state index in [1.807, 2.05) is 168 Å². The van der Waals surface area contributed by atoms with Crippen LogP contribution in [0.15, 0.2) is 218 Å². The normalized spacial score (nSPS) is 11.7. The molecule has 5 nitrogen and oxygen atoms in total.